The molecule has 1 aliphatic heterocycles. The van der Waals surface area contributed by atoms with Crippen molar-refractivity contribution in [3.63, 3.8) is 0 Å². The lowest BCUT2D eigenvalue weighted by atomic mass is 10.1. The average Bonchev–Trinajstić information content (AvgIpc) is 3.14. The summed E-state index contributed by atoms with van der Waals surface area (Å²) in [6.45, 7) is 4.14. The molecule has 0 aliphatic carbocycles. The second-order valence-electron chi connectivity index (χ2n) is 6.13. The van der Waals surface area contributed by atoms with Crippen LogP contribution in [0.5, 0.6) is 0 Å². The number of nitrogens with one attached hydrogen (secondary N) is 1. The van der Waals surface area contributed by atoms with Crippen LogP contribution in [0.25, 0.3) is 0 Å². The van der Waals surface area contributed by atoms with Gasteiger partial charge in [0.25, 0.3) is 0 Å². The van der Waals surface area contributed by atoms with E-state index >= 15 is 0 Å². The maximum Gasteiger partial charge on any atom is 0.241 e. The van der Waals surface area contributed by atoms with Crippen molar-refractivity contribution in [1.82, 2.24) is 4.72 Å². The molecule has 8 heteroatoms. The number of carbonyl (C=O) groups excluding carboxylic acids is 1. The Balaban J connectivity index is 1.92. The number of benzene rings is 1. The first-order valence-corrected chi connectivity index (χ1v) is 11.9. The number of carbonyl (C=O) groups is 1. The van der Waals surface area contributed by atoms with Gasteiger partial charge in [0.1, 0.15) is 0 Å². The summed E-state index contributed by atoms with van der Waals surface area (Å²) in [5.74, 6) is 0.741. The van der Waals surface area contributed by atoms with Gasteiger partial charge in [-0.2, -0.15) is 0 Å². The number of fused-ring (bicyclic) bond motifs is 1. The highest BCUT2D eigenvalue weighted by Crippen LogP contribution is 2.36. The topological polar surface area (TPSA) is 66.5 Å². The highest BCUT2D eigenvalue weighted by molar-refractivity contribution is 7.99. The van der Waals surface area contributed by atoms with Crippen LogP contribution in [0.1, 0.15) is 37.6 Å². The van der Waals surface area contributed by atoms with Crippen LogP contribution in [0, 0.1) is 0 Å². The molecular weight excluding hydrogens is 388 g/mol. The number of hydrogen-bond donors (Lipinski definition) is 1. The summed E-state index contributed by atoms with van der Waals surface area (Å²) in [4.78, 5) is 15.7. The third-order valence-corrected chi connectivity index (χ3v) is 7.74. The standard InChI is InChI=1S/C18H22N2O3S3/c1-3-5-15(17-6-4-10-24-17)19-26(22,23)14-7-8-18-16(12-14)20(13(2)21)9-11-25-18/h4,6-8,10,12,15,19H,3,5,9,11H2,1-2H3/t15-/m0/s1. The molecule has 1 amide bonds. The minimum atomic E-state index is -3.68. The molecule has 3 rings (SSSR count). The number of amides is 1. The molecule has 26 heavy (non-hydrogen) atoms. The summed E-state index contributed by atoms with van der Waals surface area (Å²) >= 11 is 3.19. The van der Waals surface area contributed by atoms with E-state index in [-0.39, 0.29) is 16.8 Å². The van der Waals surface area contributed by atoms with E-state index in [0.29, 0.717) is 12.2 Å². The third-order valence-electron chi connectivity index (χ3n) is 4.25. The molecule has 140 valence electrons. The number of nitrogens with zero attached hydrogens (tertiary/aromatic N) is 1. The normalized spacial score (nSPS) is 15.5. The highest BCUT2D eigenvalue weighted by atomic mass is 32.2. The maximum absolute atomic E-state index is 13.0. The van der Waals surface area contributed by atoms with Crippen molar-refractivity contribution in [3.8, 4) is 0 Å². The quantitative estimate of drug-likeness (QED) is 0.781. The van der Waals surface area contributed by atoms with Gasteiger partial charge in [0.05, 0.1) is 16.6 Å². The van der Waals surface area contributed by atoms with Gasteiger partial charge in [-0.05, 0) is 36.1 Å². The lowest BCUT2D eigenvalue weighted by Gasteiger charge is -2.28. The lowest BCUT2D eigenvalue weighted by Crippen LogP contribution is -2.34. The van der Waals surface area contributed by atoms with Gasteiger partial charge in [-0.15, -0.1) is 23.1 Å². The Morgan fingerprint density at radius 1 is 1.35 bits per heavy atom. The monoisotopic (exact) mass is 410 g/mol. The summed E-state index contributed by atoms with van der Waals surface area (Å²) in [7, 11) is -3.68. The second kappa shape index (κ2) is 8.12. The van der Waals surface area contributed by atoms with Crippen LogP contribution in [-0.2, 0) is 14.8 Å². The molecule has 0 saturated heterocycles. The van der Waals surface area contributed by atoms with Gasteiger partial charge >= 0.3 is 0 Å². The van der Waals surface area contributed by atoms with Gasteiger partial charge in [0.2, 0.25) is 15.9 Å². The van der Waals surface area contributed by atoms with E-state index in [9.17, 15) is 13.2 Å². The molecule has 1 atom stereocenters. The Morgan fingerprint density at radius 2 is 2.15 bits per heavy atom. The SMILES string of the molecule is CCC[C@H](NS(=O)(=O)c1ccc2c(c1)N(C(C)=O)CCS2)c1cccs1. The Bertz CT molecular complexity index is 879. The summed E-state index contributed by atoms with van der Waals surface area (Å²) in [5, 5.41) is 1.95. The Kier molecular flexibility index (Phi) is 6.06. The predicted molar refractivity (Wildman–Crippen MR) is 107 cm³/mol. The second-order valence-corrected chi connectivity index (χ2v) is 9.96. The van der Waals surface area contributed by atoms with Crippen LogP contribution in [0.15, 0.2) is 45.5 Å². The third kappa shape index (κ3) is 4.14. The molecule has 1 aromatic heterocycles. The van der Waals surface area contributed by atoms with Gasteiger partial charge in [-0.1, -0.05) is 19.4 Å². The van der Waals surface area contributed by atoms with Crippen LogP contribution in [0.4, 0.5) is 5.69 Å². The number of thioether (sulfide) groups is 1. The first-order chi connectivity index (χ1) is 12.4. The van der Waals surface area contributed by atoms with Crippen molar-refractivity contribution in [2.75, 3.05) is 17.2 Å². The summed E-state index contributed by atoms with van der Waals surface area (Å²) in [6.07, 6.45) is 1.62. The van der Waals surface area contributed by atoms with Crippen LogP contribution >= 0.6 is 23.1 Å². The van der Waals surface area contributed by atoms with E-state index in [4.69, 9.17) is 0 Å². The molecule has 0 fully saturated rings. The van der Waals surface area contributed by atoms with Gasteiger partial charge in [-0.25, -0.2) is 13.1 Å². The molecule has 0 radical (unpaired) electrons. The lowest BCUT2D eigenvalue weighted by molar-refractivity contribution is -0.116. The molecule has 0 spiro atoms. The summed E-state index contributed by atoms with van der Waals surface area (Å²) in [6, 6.07) is 8.67. The predicted octanol–water partition coefficient (Wildman–Crippen LogP) is 4.03. The first-order valence-electron chi connectivity index (χ1n) is 8.53. The largest absolute Gasteiger partial charge is 0.311 e. The molecule has 0 saturated carbocycles. The van der Waals surface area contributed by atoms with E-state index in [1.807, 2.05) is 24.4 Å². The van der Waals surface area contributed by atoms with Crippen molar-refractivity contribution in [2.45, 2.75) is 42.5 Å². The molecule has 0 unspecified atom stereocenters. The molecular formula is C18H22N2O3S3. The average molecular weight is 411 g/mol. The van der Waals surface area contributed by atoms with Gasteiger partial charge in [0, 0.05) is 29.0 Å². The van der Waals surface area contributed by atoms with Gasteiger partial charge in [-0.3, -0.25) is 4.79 Å². The summed E-state index contributed by atoms with van der Waals surface area (Å²) in [5.41, 5.74) is 0.680. The summed E-state index contributed by atoms with van der Waals surface area (Å²) < 4.78 is 28.8. The number of anilines is 1. The Labute approximate surface area is 162 Å². The van der Waals surface area contributed by atoms with Crippen molar-refractivity contribution in [2.24, 2.45) is 0 Å². The van der Waals surface area contributed by atoms with Crippen molar-refractivity contribution in [3.05, 3.63) is 40.6 Å². The van der Waals surface area contributed by atoms with E-state index in [1.165, 1.54) is 6.92 Å². The molecule has 2 heterocycles. The Hall–Kier alpha value is -1.35. The molecule has 5 nitrogen and oxygen atoms in total. The van der Waals surface area contributed by atoms with Crippen LogP contribution in [0.3, 0.4) is 0 Å². The molecule has 2 aromatic rings. The fourth-order valence-electron chi connectivity index (χ4n) is 2.98. The van der Waals surface area contributed by atoms with Gasteiger partial charge < -0.3 is 4.90 Å². The van der Waals surface area contributed by atoms with E-state index < -0.39 is 10.0 Å². The zero-order valence-electron chi connectivity index (χ0n) is 14.8. The zero-order chi connectivity index (χ0) is 18.7. The minimum absolute atomic E-state index is 0.0727. The number of hydrogen-bond acceptors (Lipinski definition) is 5. The van der Waals surface area contributed by atoms with E-state index in [0.717, 1.165) is 28.4 Å². The molecule has 1 aliphatic rings. The van der Waals surface area contributed by atoms with Crippen LogP contribution in [-0.4, -0.2) is 26.6 Å². The zero-order valence-corrected chi connectivity index (χ0v) is 17.2. The maximum atomic E-state index is 13.0. The van der Waals surface area contributed by atoms with Crippen LogP contribution in [0.2, 0.25) is 0 Å². The number of thiophene rings is 1. The number of sulfonamides is 1. The molecule has 1 aromatic carbocycles. The van der Waals surface area contributed by atoms with E-state index in [1.54, 1.807) is 46.2 Å². The van der Waals surface area contributed by atoms with Gasteiger partial charge in [0.15, 0.2) is 0 Å². The van der Waals surface area contributed by atoms with Crippen LogP contribution < -0.4 is 9.62 Å². The van der Waals surface area contributed by atoms with Crippen molar-refractivity contribution >= 4 is 44.7 Å². The first kappa shape index (κ1) is 19.4. The highest BCUT2D eigenvalue weighted by Gasteiger charge is 2.26. The number of rotatable bonds is 6. The minimum Gasteiger partial charge on any atom is -0.311 e. The van der Waals surface area contributed by atoms with Crippen molar-refractivity contribution < 1.29 is 13.2 Å². The molecule has 0 bridgehead atoms. The molecule has 1 N–H and O–H groups in total. The Morgan fingerprint density at radius 3 is 2.81 bits per heavy atom. The fourth-order valence-corrected chi connectivity index (χ4v) is 6.12. The smallest absolute Gasteiger partial charge is 0.241 e. The van der Waals surface area contributed by atoms with E-state index in [2.05, 4.69) is 4.72 Å². The fraction of sp³-hybridized carbons (Fsp3) is 0.389. The van der Waals surface area contributed by atoms with Crippen molar-refractivity contribution in [1.29, 1.82) is 0 Å².